The molecule has 1 N–H and O–H groups in total. The molecule has 0 bridgehead atoms. The average molecular weight is 553 g/mol. The van der Waals surface area contributed by atoms with Crippen LogP contribution in [0, 0.1) is 27.7 Å². The Morgan fingerprint density at radius 1 is 0.738 bits per heavy atom. The van der Waals surface area contributed by atoms with Gasteiger partial charge in [0.1, 0.15) is 0 Å². The second kappa shape index (κ2) is 13.2. The molecule has 3 aromatic rings. The van der Waals surface area contributed by atoms with Crippen LogP contribution in [0.15, 0.2) is 119 Å². The first-order valence-corrected chi connectivity index (χ1v) is 15.4. The van der Waals surface area contributed by atoms with Crippen molar-refractivity contribution in [1.82, 2.24) is 4.98 Å². The molecule has 214 valence electrons. The molecule has 0 saturated carbocycles. The molecule has 1 aromatic heterocycles. The molecule has 0 fully saturated rings. The Morgan fingerprint density at radius 2 is 1.48 bits per heavy atom. The van der Waals surface area contributed by atoms with Crippen LogP contribution in [0.1, 0.15) is 61.8 Å². The fourth-order valence-electron chi connectivity index (χ4n) is 5.65. The average Bonchev–Trinajstić information content (AvgIpc) is 3.37. The number of benzene rings is 2. The lowest BCUT2D eigenvalue weighted by Gasteiger charge is -2.15. The summed E-state index contributed by atoms with van der Waals surface area (Å²) in [5, 5.41) is 3.69. The van der Waals surface area contributed by atoms with E-state index < -0.39 is 0 Å². The molecule has 0 unspecified atom stereocenters. The van der Waals surface area contributed by atoms with E-state index in [1.54, 1.807) is 0 Å². The van der Waals surface area contributed by atoms with Crippen LogP contribution in [-0.4, -0.2) is 11.5 Å². The minimum atomic E-state index is 0.758. The first-order valence-electron chi connectivity index (χ1n) is 15.4. The van der Waals surface area contributed by atoms with Gasteiger partial charge in [0.05, 0.1) is 17.6 Å². The normalized spacial score (nSPS) is 15.1. The Kier molecular flexibility index (Phi) is 9.22. The van der Waals surface area contributed by atoms with E-state index in [1.807, 2.05) is 6.20 Å². The van der Waals surface area contributed by atoms with E-state index in [1.165, 1.54) is 55.7 Å². The van der Waals surface area contributed by atoms with Gasteiger partial charge in [-0.25, -0.2) is 0 Å². The van der Waals surface area contributed by atoms with E-state index in [2.05, 4.69) is 132 Å². The van der Waals surface area contributed by atoms with Crippen LogP contribution in [0.25, 0.3) is 22.4 Å². The molecule has 2 aromatic carbocycles. The molecular formula is C40H44N2. The van der Waals surface area contributed by atoms with Crippen molar-refractivity contribution in [3.05, 3.63) is 141 Å². The number of hydrogen-bond acceptors (Lipinski definition) is 2. The zero-order chi connectivity index (χ0) is 29.6. The molecule has 5 rings (SSSR count). The molecule has 0 saturated heterocycles. The highest BCUT2D eigenvalue weighted by molar-refractivity contribution is 5.83. The fourth-order valence-corrected chi connectivity index (χ4v) is 5.65. The maximum absolute atomic E-state index is 5.02. The van der Waals surface area contributed by atoms with Gasteiger partial charge >= 0.3 is 0 Å². The van der Waals surface area contributed by atoms with Crippen LogP contribution in [-0.2, 0) is 0 Å². The number of anilines is 1. The maximum atomic E-state index is 5.02. The van der Waals surface area contributed by atoms with E-state index in [0.717, 1.165) is 54.7 Å². The van der Waals surface area contributed by atoms with E-state index in [9.17, 15) is 0 Å². The van der Waals surface area contributed by atoms with Crippen LogP contribution >= 0.6 is 0 Å². The minimum Gasteiger partial charge on any atom is -0.380 e. The summed E-state index contributed by atoms with van der Waals surface area (Å²) in [6.07, 6.45) is 22.3. The molecular weight excluding hydrogens is 508 g/mol. The van der Waals surface area contributed by atoms with E-state index >= 15 is 0 Å². The second-order valence-electron chi connectivity index (χ2n) is 11.7. The van der Waals surface area contributed by atoms with Crippen molar-refractivity contribution in [1.29, 1.82) is 0 Å². The summed E-state index contributed by atoms with van der Waals surface area (Å²) in [6, 6.07) is 15.6. The Bertz CT molecular complexity index is 1670. The van der Waals surface area contributed by atoms with Gasteiger partial charge < -0.3 is 5.32 Å². The first-order chi connectivity index (χ1) is 20.4. The van der Waals surface area contributed by atoms with Crippen molar-refractivity contribution in [2.45, 2.75) is 67.2 Å². The van der Waals surface area contributed by atoms with Crippen LogP contribution in [0.2, 0.25) is 0 Å². The summed E-state index contributed by atoms with van der Waals surface area (Å²) in [4.78, 5) is 5.02. The van der Waals surface area contributed by atoms with Crippen LogP contribution < -0.4 is 5.32 Å². The van der Waals surface area contributed by atoms with Gasteiger partial charge in [-0.3, -0.25) is 4.98 Å². The van der Waals surface area contributed by atoms with Gasteiger partial charge in [-0.15, -0.1) is 0 Å². The summed E-state index contributed by atoms with van der Waals surface area (Å²) in [7, 11) is 0. The molecule has 2 heteroatoms. The third kappa shape index (κ3) is 6.65. The molecule has 0 amide bonds. The highest BCUT2D eigenvalue weighted by atomic mass is 14.9. The molecule has 2 aliphatic rings. The van der Waals surface area contributed by atoms with Gasteiger partial charge in [0, 0.05) is 17.7 Å². The maximum Gasteiger partial charge on any atom is 0.0782 e. The Morgan fingerprint density at radius 3 is 2.19 bits per heavy atom. The standard InChI is InChI=1S/C40H44N2/c1-7-31-10-9-11-34(20-14-31)38-21-16-32(15-19-33(38)8-2)25-41-37-24-39(35-17-12-27(3)29(5)22-35)40(42-26-37)36-18-13-28(4)30(6)23-36/h9-13,15-18,20-24,26,41H,7-8,14,19,25H2,1-6H3. The number of nitrogens with one attached hydrogen (secondary N) is 1. The highest BCUT2D eigenvalue weighted by Crippen LogP contribution is 2.35. The van der Waals surface area contributed by atoms with Gasteiger partial charge in [-0.1, -0.05) is 97.9 Å². The van der Waals surface area contributed by atoms with Crippen molar-refractivity contribution >= 4 is 5.69 Å². The van der Waals surface area contributed by atoms with Gasteiger partial charge in [-0.05, 0) is 110 Å². The molecule has 42 heavy (non-hydrogen) atoms. The topological polar surface area (TPSA) is 24.9 Å². The lowest BCUT2D eigenvalue weighted by molar-refractivity contribution is 1.01. The summed E-state index contributed by atoms with van der Waals surface area (Å²) in [6.45, 7) is 13.9. The molecule has 0 spiro atoms. The first kappa shape index (κ1) is 29.3. The van der Waals surface area contributed by atoms with E-state index in [4.69, 9.17) is 4.98 Å². The van der Waals surface area contributed by atoms with Crippen molar-refractivity contribution in [2.24, 2.45) is 0 Å². The highest BCUT2D eigenvalue weighted by Gasteiger charge is 2.14. The van der Waals surface area contributed by atoms with Crippen molar-refractivity contribution in [2.75, 3.05) is 11.9 Å². The lowest BCUT2D eigenvalue weighted by atomic mass is 9.95. The van der Waals surface area contributed by atoms with Gasteiger partial charge in [0.15, 0.2) is 0 Å². The predicted octanol–water partition coefficient (Wildman–Crippen LogP) is 10.9. The summed E-state index contributed by atoms with van der Waals surface area (Å²) < 4.78 is 0. The van der Waals surface area contributed by atoms with Crippen molar-refractivity contribution < 1.29 is 0 Å². The van der Waals surface area contributed by atoms with Gasteiger partial charge in [0.2, 0.25) is 0 Å². The number of pyridine rings is 1. The molecule has 0 atom stereocenters. The molecule has 1 heterocycles. The van der Waals surface area contributed by atoms with E-state index in [0.29, 0.717) is 0 Å². The number of aryl methyl sites for hydroxylation is 4. The number of rotatable bonds is 8. The Labute approximate surface area is 253 Å². The predicted molar refractivity (Wildman–Crippen MR) is 182 cm³/mol. The van der Waals surface area contributed by atoms with Crippen LogP contribution in [0.5, 0.6) is 0 Å². The molecule has 2 aliphatic carbocycles. The molecule has 0 aliphatic heterocycles. The van der Waals surface area contributed by atoms with Gasteiger partial charge in [0.25, 0.3) is 0 Å². The quantitative estimate of drug-likeness (QED) is 0.301. The molecule has 2 nitrogen and oxygen atoms in total. The van der Waals surface area contributed by atoms with Crippen LogP contribution in [0.3, 0.4) is 0 Å². The van der Waals surface area contributed by atoms with Crippen molar-refractivity contribution in [3.8, 4) is 22.4 Å². The number of nitrogens with zero attached hydrogens (tertiary/aromatic N) is 1. The summed E-state index contributed by atoms with van der Waals surface area (Å²) in [5.41, 5.74) is 17.7. The van der Waals surface area contributed by atoms with Crippen LogP contribution in [0.4, 0.5) is 5.69 Å². The smallest absolute Gasteiger partial charge is 0.0782 e. The second-order valence-corrected chi connectivity index (χ2v) is 11.7. The largest absolute Gasteiger partial charge is 0.380 e. The van der Waals surface area contributed by atoms with Gasteiger partial charge in [-0.2, -0.15) is 0 Å². The number of allylic oxidation sites excluding steroid dienone is 10. The van der Waals surface area contributed by atoms with E-state index in [-0.39, 0.29) is 0 Å². The zero-order valence-electron chi connectivity index (χ0n) is 26.1. The third-order valence-electron chi connectivity index (χ3n) is 8.82. The third-order valence-corrected chi connectivity index (χ3v) is 8.82. The van der Waals surface area contributed by atoms with Crippen molar-refractivity contribution in [3.63, 3.8) is 0 Å². The SMILES string of the molecule is CCC1=CC=CC(C2=C(CC)CC=C(CNc3cnc(-c4ccc(C)c(C)c4)c(-c4ccc(C)c(C)c4)c3)C=C2)=CC1. The lowest BCUT2D eigenvalue weighted by Crippen LogP contribution is -2.05. The number of aromatic nitrogens is 1. The molecule has 0 radical (unpaired) electrons. The monoisotopic (exact) mass is 552 g/mol. The number of hydrogen-bond donors (Lipinski definition) is 1. The minimum absolute atomic E-state index is 0.758. The zero-order valence-corrected chi connectivity index (χ0v) is 26.1. The Hall–Kier alpha value is -4.17. The Balaban J connectivity index is 1.40. The fraction of sp³-hybridized carbons (Fsp3) is 0.275. The summed E-state index contributed by atoms with van der Waals surface area (Å²) >= 11 is 0. The summed E-state index contributed by atoms with van der Waals surface area (Å²) in [5.74, 6) is 0.